The van der Waals surface area contributed by atoms with Crippen LogP contribution >= 0.6 is 0 Å². The van der Waals surface area contributed by atoms with Crippen LogP contribution in [-0.2, 0) is 6.54 Å². The van der Waals surface area contributed by atoms with Crippen LogP contribution in [0.15, 0.2) is 36.5 Å². The summed E-state index contributed by atoms with van der Waals surface area (Å²) in [6.07, 6.45) is 1.95. The summed E-state index contributed by atoms with van der Waals surface area (Å²) < 4.78 is 0. The lowest BCUT2D eigenvalue weighted by Gasteiger charge is -2.31. The van der Waals surface area contributed by atoms with Gasteiger partial charge in [0.15, 0.2) is 0 Å². The summed E-state index contributed by atoms with van der Waals surface area (Å²) in [4.78, 5) is 2.48. The number of aromatic amines is 1. The number of hydrogen-bond donors (Lipinski definition) is 2. The second-order valence-corrected chi connectivity index (χ2v) is 5.23. The number of rotatable bonds is 3. The molecule has 1 aromatic heterocycles. The van der Waals surface area contributed by atoms with Gasteiger partial charge in [-0.2, -0.15) is 5.10 Å². The minimum atomic E-state index is 0.570. The van der Waals surface area contributed by atoms with E-state index in [1.54, 1.807) is 0 Å². The van der Waals surface area contributed by atoms with E-state index in [4.69, 9.17) is 0 Å². The number of benzene rings is 1. The first-order valence-corrected chi connectivity index (χ1v) is 6.86. The quantitative estimate of drug-likeness (QED) is 0.881. The maximum atomic E-state index is 4.22. The molecule has 1 saturated heterocycles. The average molecular weight is 256 g/mol. The van der Waals surface area contributed by atoms with Crippen LogP contribution in [0.4, 0.5) is 0 Å². The smallest absolute Gasteiger partial charge is 0.0695 e. The van der Waals surface area contributed by atoms with Gasteiger partial charge >= 0.3 is 0 Å². The third-order valence-electron chi connectivity index (χ3n) is 3.63. The molecule has 19 heavy (non-hydrogen) atoms. The molecule has 0 radical (unpaired) electrons. The highest BCUT2D eigenvalue weighted by Gasteiger charge is 2.17. The molecule has 4 heteroatoms. The molecule has 1 atom stereocenters. The molecule has 0 spiro atoms. The molecule has 2 aromatic rings. The van der Waals surface area contributed by atoms with Gasteiger partial charge in [0.2, 0.25) is 0 Å². The van der Waals surface area contributed by atoms with Crippen molar-refractivity contribution < 1.29 is 0 Å². The first kappa shape index (κ1) is 12.4. The van der Waals surface area contributed by atoms with Crippen molar-refractivity contribution in [1.29, 1.82) is 0 Å². The van der Waals surface area contributed by atoms with E-state index in [0.717, 1.165) is 31.9 Å². The lowest BCUT2D eigenvalue weighted by molar-refractivity contribution is 0.200. The highest BCUT2D eigenvalue weighted by atomic mass is 15.2. The number of hydrogen-bond acceptors (Lipinski definition) is 3. The summed E-state index contributed by atoms with van der Waals surface area (Å²) >= 11 is 0. The Morgan fingerprint density at radius 3 is 2.95 bits per heavy atom. The molecule has 4 nitrogen and oxygen atoms in total. The number of piperazine rings is 1. The van der Waals surface area contributed by atoms with Crippen LogP contribution in [0.25, 0.3) is 11.3 Å². The number of H-pyrrole nitrogens is 1. The van der Waals surface area contributed by atoms with Gasteiger partial charge < -0.3 is 5.32 Å². The van der Waals surface area contributed by atoms with Crippen molar-refractivity contribution in [3.63, 3.8) is 0 Å². The van der Waals surface area contributed by atoms with Crippen LogP contribution in [0.5, 0.6) is 0 Å². The average Bonchev–Trinajstić information content (AvgIpc) is 2.88. The Bertz CT molecular complexity index is 520. The first-order valence-electron chi connectivity index (χ1n) is 6.86. The molecule has 2 heterocycles. The molecule has 1 aliphatic heterocycles. The summed E-state index contributed by atoms with van der Waals surface area (Å²) in [7, 11) is 0. The Morgan fingerprint density at radius 1 is 1.32 bits per heavy atom. The maximum absolute atomic E-state index is 4.22. The normalized spacial score (nSPS) is 20.6. The van der Waals surface area contributed by atoms with E-state index in [1.807, 2.05) is 12.3 Å². The van der Waals surface area contributed by atoms with Crippen molar-refractivity contribution >= 4 is 0 Å². The summed E-state index contributed by atoms with van der Waals surface area (Å²) in [5.74, 6) is 0. The molecule has 3 rings (SSSR count). The largest absolute Gasteiger partial charge is 0.312 e. The van der Waals surface area contributed by atoms with Crippen molar-refractivity contribution in [3.8, 4) is 11.3 Å². The topological polar surface area (TPSA) is 44.0 Å². The van der Waals surface area contributed by atoms with Crippen LogP contribution < -0.4 is 5.32 Å². The Kier molecular flexibility index (Phi) is 3.62. The summed E-state index contributed by atoms with van der Waals surface area (Å²) in [5, 5.41) is 10.8. The summed E-state index contributed by atoms with van der Waals surface area (Å²) in [6, 6.07) is 11.0. The van der Waals surface area contributed by atoms with E-state index in [-0.39, 0.29) is 0 Å². The Hall–Kier alpha value is -1.65. The molecule has 1 aliphatic rings. The van der Waals surface area contributed by atoms with Gasteiger partial charge in [0, 0.05) is 37.8 Å². The molecular formula is C15H20N4. The zero-order chi connectivity index (χ0) is 13.1. The zero-order valence-corrected chi connectivity index (χ0v) is 11.3. The van der Waals surface area contributed by atoms with Crippen LogP contribution in [-0.4, -0.2) is 40.8 Å². The van der Waals surface area contributed by atoms with E-state index in [0.29, 0.717) is 6.04 Å². The zero-order valence-electron chi connectivity index (χ0n) is 11.3. The molecule has 0 saturated carbocycles. The fourth-order valence-corrected chi connectivity index (χ4v) is 2.68. The second kappa shape index (κ2) is 5.55. The molecule has 1 aromatic carbocycles. The molecule has 0 amide bonds. The van der Waals surface area contributed by atoms with Crippen molar-refractivity contribution in [2.45, 2.75) is 19.5 Å². The van der Waals surface area contributed by atoms with Gasteiger partial charge in [-0.25, -0.2) is 0 Å². The Morgan fingerprint density at radius 2 is 2.16 bits per heavy atom. The van der Waals surface area contributed by atoms with Gasteiger partial charge in [0.05, 0.1) is 11.9 Å². The van der Waals surface area contributed by atoms with Crippen molar-refractivity contribution in [3.05, 3.63) is 42.1 Å². The Labute approximate surface area is 113 Å². The highest BCUT2D eigenvalue weighted by Crippen LogP contribution is 2.22. The van der Waals surface area contributed by atoms with Gasteiger partial charge in [0.1, 0.15) is 0 Å². The Balaban J connectivity index is 1.77. The number of aromatic nitrogens is 2. The van der Waals surface area contributed by atoms with Gasteiger partial charge in [-0.15, -0.1) is 0 Å². The minimum Gasteiger partial charge on any atom is -0.312 e. The third kappa shape index (κ3) is 2.85. The standard InChI is InChI=1S/C15H20N4/c1-12-10-19(8-7-16-12)11-14-9-17-18-15(14)13-5-3-2-4-6-13/h2-6,9,12,16H,7-8,10-11H2,1H3,(H,17,18)/t12-/m1/s1. The fourth-order valence-electron chi connectivity index (χ4n) is 2.68. The van der Waals surface area contributed by atoms with Crippen LogP contribution in [0, 0.1) is 0 Å². The summed E-state index contributed by atoms with van der Waals surface area (Å²) in [6.45, 7) is 6.47. The second-order valence-electron chi connectivity index (χ2n) is 5.23. The molecule has 1 fully saturated rings. The van der Waals surface area contributed by atoms with Gasteiger partial charge in [-0.1, -0.05) is 30.3 Å². The van der Waals surface area contributed by atoms with E-state index >= 15 is 0 Å². The monoisotopic (exact) mass is 256 g/mol. The summed E-state index contributed by atoms with van der Waals surface area (Å²) in [5.41, 5.74) is 3.63. The van der Waals surface area contributed by atoms with Crippen molar-refractivity contribution in [2.24, 2.45) is 0 Å². The predicted octanol–water partition coefficient (Wildman–Crippen LogP) is 1.87. The van der Waals surface area contributed by atoms with Crippen molar-refractivity contribution in [2.75, 3.05) is 19.6 Å². The molecule has 0 unspecified atom stereocenters. The molecule has 2 N–H and O–H groups in total. The predicted molar refractivity (Wildman–Crippen MR) is 76.8 cm³/mol. The number of nitrogens with zero attached hydrogens (tertiary/aromatic N) is 2. The van der Waals surface area contributed by atoms with E-state index in [2.05, 4.69) is 51.6 Å². The van der Waals surface area contributed by atoms with Gasteiger partial charge in [-0.3, -0.25) is 10.00 Å². The van der Waals surface area contributed by atoms with E-state index < -0.39 is 0 Å². The van der Waals surface area contributed by atoms with Crippen LogP contribution in [0.1, 0.15) is 12.5 Å². The van der Waals surface area contributed by atoms with Crippen LogP contribution in [0.2, 0.25) is 0 Å². The SMILES string of the molecule is C[C@@H]1CN(Cc2cn[nH]c2-c2ccccc2)CCN1. The van der Waals surface area contributed by atoms with E-state index in [1.165, 1.54) is 11.1 Å². The number of nitrogens with one attached hydrogen (secondary N) is 2. The van der Waals surface area contributed by atoms with Gasteiger partial charge in [0.25, 0.3) is 0 Å². The van der Waals surface area contributed by atoms with E-state index in [9.17, 15) is 0 Å². The van der Waals surface area contributed by atoms with Gasteiger partial charge in [-0.05, 0) is 12.5 Å². The lowest BCUT2D eigenvalue weighted by atomic mass is 10.1. The fraction of sp³-hybridized carbons (Fsp3) is 0.400. The highest BCUT2D eigenvalue weighted by molar-refractivity contribution is 5.62. The minimum absolute atomic E-state index is 0.570. The van der Waals surface area contributed by atoms with Crippen LogP contribution in [0.3, 0.4) is 0 Å². The van der Waals surface area contributed by atoms with Crippen molar-refractivity contribution in [1.82, 2.24) is 20.4 Å². The molecule has 100 valence electrons. The molecule has 0 bridgehead atoms. The molecule has 0 aliphatic carbocycles. The first-order chi connectivity index (χ1) is 9.33. The molecular weight excluding hydrogens is 236 g/mol. The third-order valence-corrected chi connectivity index (χ3v) is 3.63. The lowest BCUT2D eigenvalue weighted by Crippen LogP contribution is -2.48. The maximum Gasteiger partial charge on any atom is 0.0695 e.